The maximum absolute atomic E-state index is 12.0. The van der Waals surface area contributed by atoms with Crippen LogP contribution in [0.5, 0.6) is 0 Å². The molecule has 1 N–H and O–H groups in total. The van der Waals surface area contributed by atoms with Gasteiger partial charge in [-0.05, 0) is 19.1 Å². The molecule has 0 unspecified atom stereocenters. The smallest absolute Gasteiger partial charge is 0.319 e. The summed E-state index contributed by atoms with van der Waals surface area (Å²) in [6, 6.07) is 5.42. The Morgan fingerprint density at radius 2 is 1.95 bits per heavy atom. The lowest BCUT2D eigenvalue weighted by atomic mass is 10.3. The summed E-state index contributed by atoms with van der Waals surface area (Å²) in [6.45, 7) is 2.49. The third-order valence-corrected chi connectivity index (χ3v) is 2.66. The molecule has 6 heteroatoms. The highest BCUT2D eigenvalue weighted by Gasteiger charge is 2.15. The van der Waals surface area contributed by atoms with Crippen molar-refractivity contribution < 1.29 is 14.7 Å². The van der Waals surface area contributed by atoms with Crippen LogP contribution in [0.25, 0.3) is 0 Å². The van der Waals surface area contributed by atoms with Gasteiger partial charge in [0.1, 0.15) is 0 Å². The largest absolute Gasteiger partial charge is 0.481 e. The van der Waals surface area contributed by atoms with Gasteiger partial charge in [0, 0.05) is 26.3 Å². The van der Waals surface area contributed by atoms with Crippen molar-refractivity contribution in [2.24, 2.45) is 0 Å². The van der Waals surface area contributed by atoms with Crippen molar-refractivity contribution in [2.45, 2.75) is 19.9 Å². The predicted octanol–water partition coefficient (Wildman–Crippen LogP) is 1.35. The third-order valence-electron chi connectivity index (χ3n) is 2.66. The van der Waals surface area contributed by atoms with Gasteiger partial charge in [-0.1, -0.05) is 6.07 Å². The third kappa shape index (κ3) is 4.95. The number of pyridine rings is 1. The van der Waals surface area contributed by atoms with Crippen molar-refractivity contribution in [2.75, 3.05) is 20.6 Å². The van der Waals surface area contributed by atoms with Crippen LogP contribution >= 0.6 is 0 Å². The Bertz CT molecular complexity index is 462. The zero-order chi connectivity index (χ0) is 14.4. The molecule has 0 spiro atoms. The molecule has 2 amide bonds. The molecule has 104 valence electrons. The van der Waals surface area contributed by atoms with Crippen LogP contribution in [-0.4, -0.2) is 52.5 Å². The molecule has 6 nitrogen and oxygen atoms in total. The molecule has 0 bridgehead atoms. The van der Waals surface area contributed by atoms with Gasteiger partial charge < -0.3 is 14.9 Å². The highest BCUT2D eigenvalue weighted by Crippen LogP contribution is 2.04. The Morgan fingerprint density at radius 1 is 1.26 bits per heavy atom. The molecule has 19 heavy (non-hydrogen) atoms. The zero-order valence-electron chi connectivity index (χ0n) is 11.5. The van der Waals surface area contributed by atoms with Gasteiger partial charge in [-0.15, -0.1) is 0 Å². The van der Waals surface area contributed by atoms with Crippen molar-refractivity contribution in [1.29, 1.82) is 0 Å². The van der Waals surface area contributed by atoms with Gasteiger partial charge in [0.05, 0.1) is 18.7 Å². The van der Waals surface area contributed by atoms with Crippen LogP contribution in [0.3, 0.4) is 0 Å². The molecule has 0 aliphatic rings. The van der Waals surface area contributed by atoms with Crippen molar-refractivity contribution in [1.82, 2.24) is 14.8 Å². The second-order valence-electron chi connectivity index (χ2n) is 4.47. The van der Waals surface area contributed by atoms with E-state index in [2.05, 4.69) is 4.98 Å². The van der Waals surface area contributed by atoms with Crippen LogP contribution in [0.15, 0.2) is 18.2 Å². The van der Waals surface area contributed by atoms with Crippen LogP contribution < -0.4 is 0 Å². The highest BCUT2D eigenvalue weighted by molar-refractivity contribution is 5.74. The van der Waals surface area contributed by atoms with Crippen LogP contribution in [0, 0.1) is 6.92 Å². The molecule has 0 saturated carbocycles. The lowest BCUT2D eigenvalue weighted by molar-refractivity contribution is -0.137. The number of rotatable bonds is 5. The van der Waals surface area contributed by atoms with Gasteiger partial charge in [0.2, 0.25) is 0 Å². The minimum absolute atomic E-state index is 0.0568. The van der Waals surface area contributed by atoms with Crippen molar-refractivity contribution in [3.05, 3.63) is 29.6 Å². The Morgan fingerprint density at radius 3 is 2.53 bits per heavy atom. The molecule has 0 aromatic carbocycles. The lowest BCUT2D eigenvalue weighted by Crippen LogP contribution is -2.39. The van der Waals surface area contributed by atoms with Crippen molar-refractivity contribution in [3.63, 3.8) is 0 Å². The molecule has 1 aromatic heterocycles. The number of aryl methyl sites for hydroxylation is 1. The maximum atomic E-state index is 12.0. The normalized spacial score (nSPS) is 10.1. The van der Waals surface area contributed by atoms with Gasteiger partial charge in [0.15, 0.2) is 0 Å². The number of carbonyl (C=O) groups is 2. The highest BCUT2D eigenvalue weighted by atomic mass is 16.4. The number of hydrogen-bond donors (Lipinski definition) is 1. The SMILES string of the molecule is Cc1cccc(CN(C)C(=O)N(C)CCC(=O)O)n1. The zero-order valence-corrected chi connectivity index (χ0v) is 11.5. The summed E-state index contributed by atoms with van der Waals surface area (Å²) in [5.74, 6) is -0.914. The van der Waals surface area contributed by atoms with E-state index in [9.17, 15) is 9.59 Å². The summed E-state index contributed by atoms with van der Waals surface area (Å²) >= 11 is 0. The summed E-state index contributed by atoms with van der Waals surface area (Å²) in [5.41, 5.74) is 1.71. The molecule has 0 aliphatic carbocycles. The lowest BCUT2D eigenvalue weighted by Gasteiger charge is -2.24. The molecule has 1 rings (SSSR count). The molecule has 0 aliphatic heterocycles. The van der Waals surface area contributed by atoms with Crippen molar-refractivity contribution in [3.8, 4) is 0 Å². The summed E-state index contributed by atoms with van der Waals surface area (Å²) in [7, 11) is 3.26. The number of carboxylic acid groups (broad SMARTS) is 1. The number of amides is 2. The molecule has 0 saturated heterocycles. The summed E-state index contributed by atoms with van der Waals surface area (Å²) in [6.07, 6.45) is -0.0568. The number of nitrogens with zero attached hydrogens (tertiary/aromatic N) is 3. The van der Waals surface area contributed by atoms with E-state index in [-0.39, 0.29) is 19.0 Å². The van der Waals surface area contributed by atoms with Gasteiger partial charge in [0.25, 0.3) is 0 Å². The standard InChI is InChI=1S/C13H19N3O3/c1-10-5-4-6-11(14-10)9-16(3)13(19)15(2)8-7-12(17)18/h4-6H,7-9H2,1-3H3,(H,17,18). The minimum Gasteiger partial charge on any atom is -0.481 e. The van der Waals surface area contributed by atoms with Gasteiger partial charge in [-0.2, -0.15) is 0 Å². The topological polar surface area (TPSA) is 73.7 Å². The van der Waals surface area contributed by atoms with E-state index in [4.69, 9.17) is 5.11 Å². The van der Waals surface area contributed by atoms with Gasteiger partial charge in [-0.3, -0.25) is 9.78 Å². The fraction of sp³-hybridized carbons (Fsp3) is 0.462. The minimum atomic E-state index is -0.914. The van der Waals surface area contributed by atoms with Crippen molar-refractivity contribution >= 4 is 12.0 Å². The fourth-order valence-electron chi connectivity index (χ4n) is 1.65. The molecule has 0 radical (unpaired) electrons. The quantitative estimate of drug-likeness (QED) is 0.872. The first-order valence-corrected chi connectivity index (χ1v) is 6.00. The van der Waals surface area contributed by atoms with E-state index in [1.54, 1.807) is 14.1 Å². The van der Waals surface area contributed by atoms with Crippen LogP contribution in [0.2, 0.25) is 0 Å². The van der Waals surface area contributed by atoms with E-state index >= 15 is 0 Å². The first-order valence-electron chi connectivity index (χ1n) is 6.00. The predicted molar refractivity (Wildman–Crippen MR) is 70.7 cm³/mol. The Kier molecular flexibility index (Phi) is 5.29. The number of aromatic nitrogens is 1. The number of hydrogen-bond acceptors (Lipinski definition) is 3. The number of carboxylic acids is 1. The van der Waals surface area contributed by atoms with E-state index in [1.165, 1.54) is 9.80 Å². The average molecular weight is 265 g/mol. The summed E-state index contributed by atoms with van der Waals surface area (Å²) < 4.78 is 0. The molecule has 1 aromatic rings. The Hall–Kier alpha value is -2.11. The first kappa shape index (κ1) is 14.9. The number of carbonyl (C=O) groups excluding carboxylic acids is 1. The molecule has 0 fully saturated rings. The molecule has 0 atom stereocenters. The van der Waals surface area contributed by atoms with E-state index in [1.807, 2.05) is 25.1 Å². The van der Waals surface area contributed by atoms with Crippen LogP contribution in [-0.2, 0) is 11.3 Å². The number of urea groups is 1. The van der Waals surface area contributed by atoms with E-state index in [0.717, 1.165) is 11.4 Å². The summed E-state index contributed by atoms with van der Waals surface area (Å²) in [5, 5.41) is 8.59. The summed E-state index contributed by atoms with van der Waals surface area (Å²) in [4.78, 5) is 29.7. The molecule has 1 heterocycles. The fourth-order valence-corrected chi connectivity index (χ4v) is 1.65. The van der Waals surface area contributed by atoms with Crippen LogP contribution in [0.4, 0.5) is 4.79 Å². The van der Waals surface area contributed by atoms with E-state index < -0.39 is 5.97 Å². The monoisotopic (exact) mass is 265 g/mol. The molecular weight excluding hydrogens is 246 g/mol. The molecular formula is C13H19N3O3. The van der Waals surface area contributed by atoms with E-state index in [0.29, 0.717) is 6.54 Å². The second-order valence-corrected chi connectivity index (χ2v) is 4.47. The average Bonchev–Trinajstić information content (AvgIpc) is 2.34. The van der Waals surface area contributed by atoms with Gasteiger partial charge in [-0.25, -0.2) is 4.79 Å². The van der Waals surface area contributed by atoms with Crippen LogP contribution in [0.1, 0.15) is 17.8 Å². The maximum Gasteiger partial charge on any atom is 0.319 e. The second kappa shape index (κ2) is 6.72. The first-order chi connectivity index (χ1) is 8.90. The Labute approximate surface area is 112 Å². The number of aliphatic carboxylic acids is 1. The Balaban J connectivity index is 2.54. The van der Waals surface area contributed by atoms with Gasteiger partial charge >= 0.3 is 12.0 Å².